The van der Waals surface area contributed by atoms with Crippen LogP contribution in [0.15, 0.2) is 10.5 Å². The van der Waals surface area contributed by atoms with Crippen LogP contribution in [0.3, 0.4) is 0 Å². The van der Waals surface area contributed by atoms with Crippen molar-refractivity contribution >= 4 is 22.2 Å². The maximum atomic E-state index is 11.0. The second-order valence-corrected chi connectivity index (χ2v) is 4.36. The van der Waals surface area contributed by atoms with Gasteiger partial charge in [0.05, 0.1) is 19.8 Å². The summed E-state index contributed by atoms with van der Waals surface area (Å²) in [5.41, 5.74) is 6.93. The molecule has 1 aromatic carbocycles. The van der Waals surface area contributed by atoms with Gasteiger partial charge in [0.1, 0.15) is 0 Å². The van der Waals surface area contributed by atoms with Gasteiger partial charge in [0, 0.05) is 4.47 Å². The van der Waals surface area contributed by atoms with E-state index in [0.717, 1.165) is 24.7 Å². The van der Waals surface area contributed by atoms with Crippen LogP contribution in [0.1, 0.15) is 22.3 Å². The number of aryl methyl sites for hydroxylation is 1. The van der Waals surface area contributed by atoms with E-state index in [1.807, 2.05) is 6.07 Å². The van der Waals surface area contributed by atoms with Gasteiger partial charge in [0.2, 0.25) is 0 Å². The summed E-state index contributed by atoms with van der Waals surface area (Å²) in [4.78, 5) is 11.0. The van der Waals surface area contributed by atoms with Crippen molar-refractivity contribution in [1.29, 1.82) is 0 Å². The third-order valence-electron chi connectivity index (χ3n) is 2.48. The zero-order chi connectivity index (χ0) is 12.8. The molecule has 0 aliphatic carbocycles. The molecule has 17 heavy (non-hydrogen) atoms. The number of halogens is 1. The Morgan fingerprint density at radius 2 is 2.00 bits per heavy atom. The van der Waals surface area contributed by atoms with Crippen LogP contribution in [0.2, 0.25) is 0 Å². The summed E-state index contributed by atoms with van der Waals surface area (Å²) in [6.45, 7) is 0.610. The summed E-state index contributed by atoms with van der Waals surface area (Å²) < 4.78 is 11.3. The molecule has 0 spiro atoms. The molecule has 0 heterocycles. The molecule has 0 bridgehead atoms. The van der Waals surface area contributed by atoms with Crippen molar-refractivity contribution in [2.45, 2.75) is 12.8 Å². The molecule has 1 aromatic rings. The fourth-order valence-corrected chi connectivity index (χ4v) is 2.24. The average molecular weight is 302 g/mol. The summed E-state index contributed by atoms with van der Waals surface area (Å²) in [7, 11) is 3.08. The van der Waals surface area contributed by atoms with Gasteiger partial charge in [0.15, 0.2) is 17.8 Å². The maximum absolute atomic E-state index is 11.0. The number of hydrogen-bond donors (Lipinski definition) is 1. The molecule has 0 amide bonds. The van der Waals surface area contributed by atoms with E-state index in [9.17, 15) is 4.79 Å². The van der Waals surface area contributed by atoms with Crippen LogP contribution in [0, 0.1) is 0 Å². The first kappa shape index (κ1) is 14.0. The van der Waals surface area contributed by atoms with E-state index >= 15 is 0 Å². The first-order valence-corrected chi connectivity index (χ1v) is 6.07. The van der Waals surface area contributed by atoms with Crippen LogP contribution in [-0.2, 0) is 6.42 Å². The molecule has 2 N–H and O–H groups in total. The lowest BCUT2D eigenvalue weighted by Crippen LogP contribution is -2.04. The van der Waals surface area contributed by atoms with E-state index in [1.54, 1.807) is 7.11 Å². The van der Waals surface area contributed by atoms with Gasteiger partial charge in [-0.25, -0.2) is 0 Å². The predicted molar refractivity (Wildman–Crippen MR) is 70.0 cm³/mol. The molecule has 0 saturated heterocycles. The summed E-state index contributed by atoms with van der Waals surface area (Å²) in [6, 6.07) is 1.88. The van der Waals surface area contributed by atoms with Crippen LogP contribution in [0.25, 0.3) is 0 Å². The second-order valence-electron chi connectivity index (χ2n) is 3.51. The van der Waals surface area contributed by atoms with Crippen LogP contribution in [0.4, 0.5) is 0 Å². The van der Waals surface area contributed by atoms with Crippen LogP contribution in [-0.4, -0.2) is 27.1 Å². The molecular formula is C12H16BrNO3. The third kappa shape index (κ3) is 2.98. The lowest BCUT2D eigenvalue weighted by molar-refractivity contribution is 0.111. The van der Waals surface area contributed by atoms with Crippen LogP contribution < -0.4 is 15.2 Å². The highest BCUT2D eigenvalue weighted by Crippen LogP contribution is 2.39. The Morgan fingerprint density at radius 3 is 2.47 bits per heavy atom. The number of hydrogen-bond acceptors (Lipinski definition) is 4. The lowest BCUT2D eigenvalue weighted by atomic mass is 10.0. The molecule has 0 unspecified atom stereocenters. The summed E-state index contributed by atoms with van der Waals surface area (Å²) in [6.07, 6.45) is 2.39. The largest absolute Gasteiger partial charge is 0.493 e. The maximum Gasteiger partial charge on any atom is 0.172 e. The smallest absolute Gasteiger partial charge is 0.172 e. The number of aldehydes is 1. The SMILES string of the molecule is COc1c(CCCN)cc(Br)c(C=O)c1OC. The fourth-order valence-electron chi connectivity index (χ4n) is 1.69. The Hall–Kier alpha value is -1.07. The van der Waals surface area contributed by atoms with Crippen molar-refractivity contribution in [3.05, 3.63) is 21.7 Å². The number of carbonyl (C=O) groups is 1. The van der Waals surface area contributed by atoms with Crippen molar-refractivity contribution in [2.75, 3.05) is 20.8 Å². The lowest BCUT2D eigenvalue weighted by Gasteiger charge is -2.15. The molecule has 0 aliphatic heterocycles. The first-order valence-electron chi connectivity index (χ1n) is 5.28. The number of methoxy groups -OCH3 is 2. The van der Waals surface area contributed by atoms with Gasteiger partial charge in [-0.05, 0) is 46.9 Å². The Kier molecular flexibility index (Phi) is 5.44. The van der Waals surface area contributed by atoms with E-state index < -0.39 is 0 Å². The number of ether oxygens (including phenoxy) is 2. The minimum Gasteiger partial charge on any atom is -0.493 e. The third-order valence-corrected chi connectivity index (χ3v) is 3.13. The topological polar surface area (TPSA) is 61.5 Å². The van der Waals surface area contributed by atoms with E-state index in [4.69, 9.17) is 15.2 Å². The van der Waals surface area contributed by atoms with Gasteiger partial charge in [0.25, 0.3) is 0 Å². The highest BCUT2D eigenvalue weighted by molar-refractivity contribution is 9.10. The normalized spacial score (nSPS) is 10.1. The van der Waals surface area contributed by atoms with Crippen molar-refractivity contribution in [3.63, 3.8) is 0 Å². The molecule has 5 heteroatoms. The number of nitrogens with two attached hydrogens (primary N) is 1. The van der Waals surface area contributed by atoms with E-state index in [2.05, 4.69) is 15.9 Å². The predicted octanol–water partition coefficient (Wildman–Crippen LogP) is 2.17. The van der Waals surface area contributed by atoms with Gasteiger partial charge in [-0.15, -0.1) is 0 Å². The highest BCUT2D eigenvalue weighted by atomic mass is 79.9. The zero-order valence-electron chi connectivity index (χ0n) is 9.96. The van der Waals surface area contributed by atoms with E-state index in [-0.39, 0.29) is 0 Å². The summed E-state index contributed by atoms with van der Waals surface area (Å²) in [5.74, 6) is 1.06. The molecule has 0 fully saturated rings. The van der Waals surface area contributed by atoms with Crippen molar-refractivity contribution in [2.24, 2.45) is 5.73 Å². The Labute approximate surface area is 109 Å². The van der Waals surface area contributed by atoms with Crippen molar-refractivity contribution in [1.82, 2.24) is 0 Å². The number of rotatable bonds is 6. The van der Waals surface area contributed by atoms with Crippen LogP contribution in [0.5, 0.6) is 11.5 Å². The first-order chi connectivity index (χ1) is 8.19. The Balaban J connectivity index is 3.31. The monoisotopic (exact) mass is 301 g/mol. The average Bonchev–Trinajstić information content (AvgIpc) is 2.35. The minimum atomic E-state index is 0.459. The molecule has 0 aliphatic rings. The van der Waals surface area contributed by atoms with Gasteiger partial charge in [-0.1, -0.05) is 0 Å². The number of benzene rings is 1. The molecule has 0 atom stereocenters. The minimum absolute atomic E-state index is 0.459. The Bertz CT molecular complexity index is 407. The molecule has 0 radical (unpaired) electrons. The number of carbonyl (C=O) groups excluding carboxylic acids is 1. The quantitative estimate of drug-likeness (QED) is 0.818. The van der Waals surface area contributed by atoms with Crippen molar-refractivity contribution in [3.8, 4) is 11.5 Å². The second kappa shape index (κ2) is 6.61. The zero-order valence-corrected chi connectivity index (χ0v) is 11.5. The fraction of sp³-hybridized carbons (Fsp3) is 0.417. The molecule has 0 saturated carbocycles. The molecular weight excluding hydrogens is 286 g/mol. The van der Waals surface area contributed by atoms with Gasteiger partial charge >= 0.3 is 0 Å². The molecule has 1 rings (SSSR count). The standard InChI is InChI=1S/C12H16BrNO3/c1-16-11-8(4-3-5-14)6-10(13)9(7-15)12(11)17-2/h6-7H,3-5,14H2,1-2H3. The summed E-state index contributed by atoms with van der Waals surface area (Å²) >= 11 is 3.36. The van der Waals surface area contributed by atoms with Crippen molar-refractivity contribution < 1.29 is 14.3 Å². The molecule has 0 aromatic heterocycles. The van der Waals surface area contributed by atoms with Gasteiger partial charge in [-0.3, -0.25) is 4.79 Å². The highest BCUT2D eigenvalue weighted by Gasteiger charge is 2.17. The molecule has 94 valence electrons. The summed E-state index contributed by atoms with van der Waals surface area (Å²) in [5, 5.41) is 0. The van der Waals surface area contributed by atoms with E-state index in [0.29, 0.717) is 28.1 Å². The van der Waals surface area contributed by atoms with E-state index in [1.165, 1.54) is 7.11 Å². The van der Waals surface area contributed by atoms with Crippen LogP contribution >= 0.6 is 15.9 Å². The molecule has 4 nitrogen and oxygen atoms in total. The Morgan fingerprint density at radius 1 is 1.35 bits per heavy atom. The van der Waals surface area contributed by atoms with Gasteiger partial charge < -0.3 is 15.2 Å². The van der Waals surface area contributed by atoms with Gasteiger partial charge in [-0.2, -0.15) is 0 Å².